The molecule has 4 heteroatoms. The largest absolute Gasteiger partial charge is 0.316 e. The van der Waals surface area contributed by atoms with E-state index in [0.717, 1.165) is 31.5 Å². The molecule has 86 valence electrons. The molecule has 1 amide bonds. The lowest BCUT2D eigenvalue weighted by Gasteiger charge is -2.21. The van der Waals surface area contributed by atoms with Crippen molar-refractivity contribution >= 4 is 11.7 Å². The molecule has 16 heavy (non-hydrogen) atoms. The summed E-state index contributed by atoms with van der Waals surface area (Å²) in [6.45, 7) is 3.74. The zero-order valence-electron chi connectivity index (χ0n) is 9.49. The summed E-state index contributed by atoms with van der Waals surface area (Å²) in [4.78, 5) is 16.1. The Hall–Kier alpha value is -1.42. The van der Waals surface area contributed by atoms with Crippen LogP contribution in [0.5, 0.6) is 0 Å². The van der Waals surface area contributed by atoms with Gasteiger partial charge in [0.25, 0.3) is 0 Å². The number of anilines is 1. The van der Waals surface area contributed by atoms with E-state index in [1.165, 1.54) is 0 Å². The fourth-order valence-corrected chi connectivity index (χ4v) is 1.91. The zero-order valence-corrected chi connectivity index (χ0v) is 9.49. The monoisotopic (exact) mass is 219 g/mol. The predicted molar refractivity (Wildman–Crippen MR) is 63.2 cm³/mol. The molecule has 1 aromatic heterocycles. The van der Waals surface area contributed by atoms with Gasteiger partial charge in [0, 0.05) is 12.7 Å². The minimum absolute atomic E-state index is 0.0778. The van der Waals surface area contributed by atoms with Gasteiger partial charge in [-0.3, -0.25) is 4.79 Å². The summed E-state index contributed by atoms with van der Waals surface area (Å²) in [5.74, 6) is 0.835. The summed E-state index contributed by atoms with van der Waals surface area (Å²) < 4.78 is 0. The van der Waals surface area contributed by atoms with Crippen molar-refractivity contribution in [3.8, 4) is 0 Å². The molecule has 0 aliphatic carbocycles. The van der Waals surface area contributed by atoms with E-state index >= 15 is 0 Å². The van der Waals surface area contributed by atoms with Crippen LogP contribution in [0.25, 0.3) is 0 Å². The average molecular weight is 219 g/mol. The van der Waals surface area contributed by atoms with Gasteiger partial charge in [-0.05, 0) is 37.9 Å². The second kappa shape index (κ2) is 5.07. The third-order valence-corrected chi connectivity index (χ3v) is 2.92. The van der Waals surface area contributed by atoms with Crippen LogP contribution in [0.4, 0.5) is 5.82 Å². The first-order chi connectivity index (χ1) is 7.77. The Morgan fingerprint density at radius 3 is 3.19 bits per heavy atom. The van der Waals surface area contributed by atoms with Gasteiger partial charge >= 0.3 is 0 Å². The molecule has 2 N–H and O–H groups in total. The van der Waals surface area contributed by atoms with Gasteiger partial charge in [0.2, 0.25) is 5.91 Å². The third-order valence-electron chi connectivity index (χ3n) is 2.92. The summed E-state index contributed by atoms with van der Waals surface area (Å²) in [5.41, 5.74) is 1.000. The van der Waals surface area contributed by atoms with Crippen LogP contribution in [0.3, 0.4) is 0 Å². The average Bonchev–Trinajstić information content (AvgIpc) is 2.33. The highest BCUT2D eigenvalue weighted by molar-refractivity contribution is 5.92. The summed E-state index contributed by atoms with van der Waals surface area (Å²) in [7, 11) is 0. The van der Waals surface area contributed by atoms with Crippen LogP contribution >= 0.6 is 0 Å². The van der Waals surface area contributed by atoms with E-state index in [1.54, 1.807) is 6.20 Å². The van der Waals surface area contributed by atoms with Gasteiger partial charge in [0.05, 0.1) is 5.92 Å². The van der Waals surface area contributed by atoms with E-state index in [2.05, 4.69) is 15.6 Å². The smallest absolute Gasteiger partial charge is 0.229 e. The van der Waals surface area contributed by atoms with Gasteiger partial charge in [-0.1, -0.05) is 6.07 Å². The van der Waals surface area contributed by atoms with E-state index < -0.39 is 0 Å². The fourth-order valence-electron chi connectivity index (χ4n) is 1.91. The summed E-state index contributed by atoms with van der Waals surface area (Å²) in [5, 5.41) is 6.12. The molecular weight excluding hydrogens is 202 g/mol. The van der Waals surface area contributed by atoms with Gasteiger partial charge in [0.1, 0.15) is 5.82 Å². The molecule has 1 aromatic rings. The van der Waals surface area contributed by atoms with Crippen molar-refractivity contribution in [3.05, 3.63) is 23.9 Å². The first-order valence-electron chi connectivity index (χ1n) is 5.70. The van der Waals surface area contributed by atoms with Crippen molar-refractivity contribution in [3.63, 3.8) is 0 Å². The number of hydrogen-bond donors (Lipinski definition) is 2. The highest BCUT2D eigenvalue weighted by Crippen LogP contribution is 2.14. The van der Waals surface area contributed by atoms with Crippen molar-refractivity contribution in [2.75, 3.05) is 18.4 Å². The van der Waals surface area contributed by atoms with Crippen molar-refractivity contribution in [2.45, 2.75) is 19.8 Å². The molecule has 1 atom stereocenters. The summed E-state index contributed by atoms with van der Waals surface area (Å²) in [6.07, 6.45) is 3.73. The third kappa shape index (κ3) is 2.58. The number of carbonyl (C=O) groups is 1. The molecule has 0 spiro atoms. The molecule has 0 aromatic carbocycles. The molecule has 2 heterocycles. The van der Waals surface area contributed by atoms with Crippen molar-refractivity contribution in [2.24, 2.45) is 5.92 Å². The Morgan fingerprint density at radius 2 is 2.50 bits per heavy atom. The molecule has 1 aliphatic heterocycles. The van der Waals surface area contributed by atoms with E-state index in [4.69, 9.17) is 0 Å². The van der Waals surface area contributed by atoms with Crippen LogP contribution in [0, 0.1) is 12.8 Å². The molecule has 0 saturated carbocycles. The van der Waals surface area contributed by atoms with Crippen LogP contribution in [-0.4, -0.2) is 24.0 Å². The lowest BCUT2D eigenvalue weighted by atomic mass is 9.99. The van der Waals surface area contributed by atoms with Crippen LogP contribution < -0.4 is 10.6 Å². The number of piperidine rings is 1. The maximum Gasteiger partial charge on any atom is 0.229 e. The van der Waals surface area contributed by atoms with Gasteiger partial charge in [-0.15, -0.1) is 0 Å². The quantitative estimate of drug-likeness (QED) is 0.789. The number of rotatable bonds is 2. The Morgan fingerprint density at radius 1 is 1.62 bits per heavy atom. The minimum atomic E-state index is 0.0778. The van der Waals surface area contributed by atoms with Crippen molar-refractivity contribution < 1.29 is 4.79 Å². The molecule has 4 nitrogen and oxygen atoms in total. The molecular formula is C12H17N3O. The number of nitrogens with zero attached hydrogens (tertiary/aromatic N) is 1. The standard InChI is InChI=1S/C12H17N3O/c1-9-4-2-7-14-11(9)15-12(16)10-5-3-6-13-8-10/h2,4,7,10,13H,3,5-6,8H2,1H3,(H,14,15,16)/t10-/m1/s1. The normalized spacial score (nSPS) is 20.4. The Bertz CT molecular complexity index is 372. The maximum absolute atomic E-state index is 11.9. The molecule has 2 rings (SSSR count). The van der Waals surface area contributed by atoms with Crippen LogP contribution in [-0.2, 0) is 4.79 Å². The van der Waals surface area contributed by atoms with Gasteiger partial charge in [-0.25, -0.2) is 4.98 Å². The van der Waals surface area contributed by atoms with Crippen molar-refractivity contribution in [1.82, 2.24) is 10.3 Å². The van der Waals surface area contributed by atoms with Gasteiger partial charge in [-0.2, -0.15) is 0 Å². The molecule has 1 aliphatic rings. The second-order valence-corrected chi connectivity index (χ2v) is 4.20. The van der Waals surface area contributed by atoms with Crippen LogP contribution in [0.2, 0.25) is 0 Å². The predicted octanol–water partition coefficient (Wildman–Crippen LogP) is 1.33. The Balaban J connectivity index is 1.99. The summed E-state index contributed by atoms with van der Waals surface area (Å²) in [6, 6.07) is 3.81. The number of pyridine rings is 1. The maximum atomic E-state index is 11.9. The Labute approximate surface area is 95.5 Å². The topological polar surface area (TPSA) is 54.0 Å². The molecule has 0 unspecified atom stereocenters. The SMILES string of the molecule is Cc1cccnc1NC(=O)[C@@H]1CCCNC1. The lowest BCUT2D eigenvalue weighted by Crippen LogP contribution is -2.37. The first-order valence-corrected chi connectivity index (χ1v) is 5.70. The van der Waals surface area contributed by atoms with Gasteiger partial charge < -0.3 is 10.6 Å². The van der Waals surface area contributed by atoms with Crippen molar-refractivity contribution in [1.29, 1.82) is 0 Å². The number of amides is 1. The highest BCUT2D eigenvalue weighted by Gasteiger charge is 2.21. The number of carbonyl (C=O) groups excluding carboxylic acids is 1. The fraction of sp³-hybridized carbons (Fsp3) is 0.500. The molecule has 0 bridgehead atoms. The van der Waals surface area contributed by atoms with Crippen LogP contribution in [0.1, 0.15) is 18.4 Å². The van der Waals surface area contributed by atoms with E-state index in [9.17, 15) is 4.79 Å². The molecule has 1 saturated heterocycles. The van der Waals surface area contributed by atoms with Crippen LogP contribution in [0.15, 0.2) is 18.3 Å². The first kappa shape index (κ1) is 11.1. The highest BCUT2D eigenvalue weighted by atomic mass is 16.2. The number of aromatic nitrogens is 1. The number of nitrogens with one attached hydrogen (secondary N) is 2. The number of hydrogen-bond acceptors (Lipinski definition) is 3. The van der Waals surface area contributed by atoms with E-state index in [-0.39, 0.29) is 11.8 Å². The molecule has 0 radical (unpaired) electrons. The minimum Gasteiger partial charge on any atom is -0.316 e. The van der Waals surface area contributed by atoms with Gasteiger partial charge in [0.15, 0.2) is 0 Å². The Kier molecular flexibility index (Phi) is 3.51. The number of aryl methyl sites for hydroxylation is 1. The zero-order chi connectivity index (χ0) is 11.4. The lowest BCUT2D eigenvalue weighted by molar-refractivity contribution is -0.120. The molecule has 1 fully saturated rings. The second-order valence-electron chi connectivity index (χ2n) is 4.20. The van der Waals surface area contributed by atoms with E-state index in [0.29, 0.717) is 5.82 Å². The van der Waals surface area contributed by atoms with E-state index in [1.807, 2.05) is 19.1 Å². The summed E-state index contributed by atoms with van der Waals surface area (Å²) >= 11 is 0.